The van der Waals surface area contributed by atoms with Crippen molar-refractivity contribution in [1.82, 2.24) is 15.2 Å². The van der Waals surface area contributed by atoms with E-state index < -0.39 is 0 Å². The van der Waals surface area contributed by atoms with Crippen molar-refractivity contribution in [1.29, 1.82) is 0 Å². The Morgan fingerprint density at radius 3 is 2.47 bits per heavy atom. The Labute approximate surface area is 126 Å². The van der Waals surface area contributed by atoms with Crippen molar-refractivity contribution >= 4 is 40.6 Å². The van der Waals surface area contributed by atoms with E-state index in [0.717, 1.165) is 5.56 Å². The average Bonchev–Trinajstić information content (AvgIpc) is 2.40. The third-order valence-electron chi connectivity index (χ3n) is 2.87. The van der Waals surface area contributed by atoms with E-state index in [1.165, 1.54) is 0 Å². The van der Waals surface area contributed by atoms with Crippen LogP contribution in [-0.4, -0.2) is 22.2 Å². The fourth-order valence-corrected chi connectivity index (χ4v) is 2.34. The van der Waals surface area contributed by atoms with Crippen molar-refractivity contribution in [2.24, 2.45) is 0 Å². The van der Waals surface area contributed by atoms with E-state index in [0.29, 0.717) is 10.8 Å². The van der Waals surface area contributed by atoms with Gasteiger partial charge in [-0.25, -0.2) is 0 Å². The molecule has 1 unspecified atom stereocenters. The third-order valence-corrected chi connectivity index (χ3v) is 3.62. The molecular formula is C12H11Cl3N4. The molecule has 0 saturated heterocycles. The molecule has 2 aromatic rings. The Balaban J connectivity index is 2.36. The van der Waals surface area contributed by atoms with Crippen molar-refractivity contribution < 1.29 is 0 Å². The van der Waals surface area contributed by atoms with Gasteiger partial charge in [0.2, 0.25) is 5.28 Å². The highest BCUT2D eigenvalue weighted by Gasteiger charge is 2.19. The van der Waals surface area contributed by atoms with Crippen molar-refractivity contribution in [2.45, 2.75) is 13.0 Å². The quantitative estimate of drug-likeness (QED) is 0.857. The molecule has 1 aromatic carbocycles. The van der Waals surface area contributed by atoms with Gasteiger partial charge in [-0.2, -0.15) is 4.98 Å². The fraction of sp³-hybridized carbons (Fsp3) is 0.250. The van der Waals surface area contributed by atoms with Crippen molar-refractivity contribution in [3.8, 4) is 0 Å². The first kappa shape index (κ1) is 14.3. The summed E-state index contributed by atoms with van der Waals surface area (Å²) in [5, 5.41) is 8.27. The van der Waals surface area contributed by atoms with Gasteiger partial charge in [0.1, 0.15) is 0 Å². The second kappa shape index (κ2) is 5.90. The van der Waals surface area contributed by atoms with Crippen LogP contribution in [0.5, 0.6) is 0 Å². The van der Waals surface area contributed by atoms with Gasteiger partial charge in [-0.05, 0) is 30.2 Å². The number of aromatic nitrogens is 3. The molecule has 0 aliphatic rings. The van der Waals surface area contributed by atoms with Gasteiger partial charge in [0.15, 0.2) is 11.0 Å². The number of hydrogen-bond acceptors (Lipinski definition) is 4. The zero-order valence-electron chi connectivity index (χ0n) is 10.3. The molecule has 4 nitrogen and oxygen atoms in total. The first-order valence-corrected chi connectivity index (χ1v) is 6.67. The number of halogens is 3. The van der Waals surface area contributed by atoms with Crippen molar-refractivity contribution in [2.75, 3.05) is 11.9 Å². The number of nitrogens with zero attached hydrogens (tertiary/aromatic N) is 4. The van der Waals surface area contributed by atoms with Gasteiger partial charge in [0.05, 0.1) is 6.04 Å². The van der Waals surface area contributed by atoms with Gasteiger partial charge in [-0.1, -0.05) is 41.4 Å². The number of anilines is 1. The lowest BCUT2D eigenvalue weighted by molar-refractivity contribution is 0.721. The van der Waals surface area contributed by atoms with E-state index in [9.17, 15) is 0 Å². The molecule has 0 spiro atoms. The largest absolute Gasteiger partial charge is 0.350 e. The van der Waals surface area contributed by atoms with Gasteiger partial charge < -0.3 is 4.90 Å². The van der Waals surface area contributed by atoms with Gasteiger partial charge in [0.25, 0.3) is 0 Å². The SMILES string of the molecule is CC(c1ccccc1Cl)N(C)c1nc(Cl)nnc1Cl. The Bertz CT molecular complexity index is 591. The zero-order chi connectivity index (χ0) is 14.0. The van der Waals surface area contributed by atoms with Crippen LogP contribution in [0.2, 0.25) is 15.5 Å². The monoisotopic (exact) mass is 316 g/mol. The summed E-state index contributed by atoms with van der Waals surface area (Å²) < 4.78 is 0. The lowest BCUT2D eigenvalue weighted by atomic mass is 10.1. The molecule has 0 amide bonds. The summed E-state index contributed by atoms with van der Waals surface area (Å²) in [5.74, 6) is 0.467. The molecule has 2 rings (SSSR count). The molecule has 1 aromatic heterocycles. The normalized spacial score (nSPS) is 12.3. The predicted molar refractivity (Wildman–Crippen MR) is 78.1 cm³/mol. The minimum absolute atomic E-state index is 0.0287. The van der Waals surface area contributed by atoms with E-state index in [2.05, 4.69) is 15.2 Å². The molecule has 0 N–H and O–H groups in total. The van der Waals surface area contributed by atoms with Gasteiger partial charge in [-0.15, -0.1) is 10.2 Å². The standard InChI is InChI=1S/C12H11Cl3N4/c1-7(8-5-3-4-6-9(8)13)19(2)11-10(14)17-18-12(15)16-11/h3-7H,1-2H3. The highest BCUT2D eigenvalue weighted by Crippen LogP contribution is 2.31. The number of benzene rings is 1. The topological polar surface area (TPSA) is 41.9 Å². The number of rotatable bonds is 3. The average molecular weight is 318 g/mol. The maximum Gasteiger partial charge on any atom is 0.245 e. The summed E-state index contributed by atoms with van der Waals surface area (Å²) in [4.78, 5) is 5.94. The van der Waals surface area contributed by atoms with Crippen LogP contribution in [0, 0.1) is 0 Å². The molecular weight excluding hydrogens is 307 g/mol. The van der Waals surface area contributed by atoms with E-state index in [4.69, 9.17) is 34.8 Å². The summed E-state index contributed by atoms with van der Waals surface area (Å²) in [7, 11) is 1.85. The van der Waals surface area contributed by atoms with Crippen molar-refractivity contribution in [3.63, 3.8) is 0 Å². The minimum atomic E-state index is -0.0287. The highest BCUT2D eigenvalue weighted by atomic mass is 35.5. The van der Waals surface area contributed by atoms with E-state index in [-0.39, 0.29) is 16.5 Å². The molecule has 0 aliphatic heterocycles. The fourth-order valence-electron chi connectivity index (χ4n) is 1.72. The van der Waals surface area contributed by atoms with Crippen molar-refractivity contribution in [3.05, 3.63) is 45.3 Å². The molecule has 19 heavy (non-hydrogen) atoms. The molecule has 0 bridgehead atoms. The molecule has 0 aliphatic carbocycles. The summed E-state index contributed by atoms with van der Waals surface area (Å²) >= 11 is 17.9. The maximum atomic E-state index is 6.19. The smallest absolute Gasteiger partial charge is 0.245 e. The summed E-state index contributed by atoms with van der Waals surface area (Å²) in [6.07, 6.45) is 0. The molecule has 1 atom stereocenters. The molecule has 100 valence electrons. The Kier molecular flexibility index (Phi) is 4.45. The van der Waals surface area contributed by atoms with Crippen LogP contribution in [0.15, 0.2) is 24.3 Å². The molecule has 0 saturated carbocycles. The van der Waals surface area contributed by atoms with Crippen LogP contribution in [0.1, 0.15) is 18.5 Å². The predicted octanol–water partition coefficient (Wildman–Crippen LogP) is 4.03. The lowest BCUT2D eigenvalue weighted by Gasteiger charge is -2.27. The Hall–Kier alpha value is -1.10. The summed E-state index contributed by atoms with van der Waals surface area (Å²) in [6, 6.07) is 7.58. The van der Waals surface area contributed by atoms with E-state index >= 15 is 0 Å². The molecule has 7 heteroatoms. The van der Waals surface area contributed by atoms with Gasteiger partial charge >= 0.3 is 0 Å². The van der Waals surface area contributed by atoms with Crippen LogP contribution < -0.4 is 4.90 Å². The van der Waals surface area contributed by atoms with Gasteiger partial charge in [-0.3, -0.25) is 0 Å². The van der Waals surface area contributed by atoms with Crippen LogP contribution in [0.25, 0.3) is 0 Å². The summed E-state index contributed by atoms with van der Waals surface area (Å²) in [5.41, 5.74) is 0.970. The second-order valence-electron chi connectivity index (χ2n) is 4.00. The maximum absolute atomic E-state index is 6.19. The Morgan fingerprint density at radius 2 is 1.79 bits per heavy atom. The van der Waals surface area contributed by atoms with Crippen LogP contribution in [0.4, 0.5) is 5.82 Å². The van der Waals surface area contributed by atoms with E-state index in [1.54, 1.807) is 0 Å². The lowest BCUT2D eigenvalue weighted by Crippen LogP contribution is -2.23. The first-order valence-electron chi connectivity index (χ1n) is 5.53. The zero-order valence-corrected chi connectivity index (χ0v) is 12.6. The van der Waals surface area contributed by atoms with Gasteiger partial charge in [0, 0.05) is 12.1 Å². The van der Waals surface area contributed by atoms with E-state index in [1.807, 2.05) is 43.1 Å². The minimum Gasteiger partial charge on any atom is -0.350 e. The number of hydrogen-bond donors (Lipinski definition) is 0. The Morgan fingerprint density at radius 1 is 1.11 bits per heavy atom. The molecule has 1 heterocycles. The van der Waals surface area contributed by atoms with Crippen LogP contribution in [-0.2, 0) is 0 Å². The molecule has 0 radical (unpaired) electrons. The first-order chi connectivity index (χ1) is 9.00. The van der Waals surface area contributed by atoms with Crippen LogP contribution in [0.3, 0.4) is 0 Å². The summed E-state index contributed by atoms with van der Waals surface area (Å²) in [6.45, 7) is 1.99. The third kappa shape index (κ3) is 3.08. The van der Waals surface area contributed by atoms with Crippen LogP contribution >= 0.6 is 34.8 Å². The highest BCUT2D eigenvalue weighted by molar-refractivity contribution is 6.32. The molecule has 0 fully saturated rings. The second-order valence-corrected chi connectivity index (χ2v) is 5.11.